The highest BCUT2D eigenvalue weighted by atomic mass is 16.4. The van der Waals surface area contributed by atoms with E-state index in [1.54, 1.807) is 6.92 Å². The number of carbonyl (C=O) groups excluding carboxylic acids is 1. The first-order valence-corrected chi connectivity index (χ1v) is 6.80. The quantitative estimate of drug-likeness (QED) is 0.572. The molecule has 1 aliphatic rings. The van der Waals surface area contributed by atoms with Crippen LogP contribution in [-0.4, -0.2) is 54.7 Å². The minimum atomic E-state index is -1.13. The summed E-state index contributed by atoms with van der Waals surface area (Å²) >= 11 is 0. The summed E-state index contributed by atoms with van der Waals surface area (Å²) in [5.41, 5.74) is -1.13. The molecule has 110 valence electrons. The number of nitrogens with one attached hydrogen (secondary N) is 2. The average Bonchev–Trinajstić information content (AvgIpc) is 3.11. The van der Waals surface area contributed by atoms with Crippen LogP contribution in [0, 0.1) is 5.92 Å². The lowest BCUT2D eigenvalue weighted by molar-refractivity contribution is -0.144. The van der Waals surface area contributed by atoms with Gasteiger partial charge in [-0.2, -0.15) is 0 Å². The number of carboxylic acid groups (broad SMARTS) is 1. The van der Waals surface area contributed by atoms with Gasteiger partial charge in [0, 0.05) is 6.54 Å². The van der Waals surface area contributed by atoms with Crippen molar-refractivity contribution in [3.63, 3.8) is 0 Å². The van der Waals surface area contributed by atoms with Crippen molar-refractivity contribution in [1.29, 1.82) is 0 Å². The normalized spacial score (nSPS) is 17.9. The van der Waals surface area contributed by atoms with Gasteiger partial charge in [0.25, 0.3) is 0 Å². The van der Waals surface area contributed by atoms with Gasteiger partial charge >= 0.3 is 12.0 Å². The van der Waals surface area contributed by atoms with Crippen molar-refractivity contribution in [2.45, 2.75) is 38.1 Å². The molecule has 1 saturated carbocycles. The molecule has 0 radical (unpaired) electrons. The van der Waals surface area contributed by atoms with E-state index in [1.807, 2.05) is 14.1 Å². The first kappa shape index (κ1) is 15.8. The van der Waals surface area contributed by atoms with Crippen LogP contribution in [0.3, 0.4) is 0 Å². The Morgan fingerprint density at radius 3 is 2.42 bits per heavy atom. The van der Waals surface area contributed by atoms with Gasteiger partial charge < -0.3 is 20.6 Å². The Morgan fingerprint density at radius 2 is 1.95 bits per heavy atom. The van der Waals surface area contributed by atoms with E-state index < -0.39 is 11.5 Å². The van der Waals surface area contributed by atoms with Crippen LogP contribution < -0.4 is 10.6 Å². The molecule has 0 heterocycles. The molecule has 1 unspecified atom stereocenters. The fourth-order valence-electron chi connectivity index (χ4n) is 2.03. The lowest BCUT2D eigenvalue weighted by Crippen LogP contribution is -2.56. The van der Waals surface area contributed by atoms with Gasteiger partial charge in [-0.25, -0.2) is 9.59 Å². The smallest absolute Gasteiger partial charge is 0.329 e. The van der Waals surface area contributed by atoms with Crippen LogP contribution in [-0.2, 0) is 4.79 Å². The van der Waals surface area contributed by atoms with E-state index in [2.05, 4.69) is 15.5 Å². The molecule has 0 aromatic carbocycles. The van der Waals surface area contributed by atoms with Crippen LogP contribution >= 0.6 is 0 Å². The van der Waals surface area contributed by atoms with Crippen LogP contribution in [0.1, 0.15) is 32.6 Å². The average molecular weight is 271 g/mol. The number of amides is 2. The summed E-state index contributed by atoms with van der Waals surface area (Å²) in [6.45, 7) is 3.14. The number of carboxylic acids is 1. The minimum absolute atomic E-state index is 0.0597. The molecule has 1 rings (SSSR count). The third-order valence-electron chi connectivity index (χ3n) is 3.53. The predicted octanol–water partition coefficient (Wildman–Crippen LogP) is 0.881. The molecule has 3 N–H and O–H groups in total. The molecular formula is C13H25N3O3. The summed E-state index contributed by atoms with van der Waals surface area (Å²) in [6.07, 6.45) is 3.63. The topological polar surface area (TPSA) is 81.7 Å². The van der Waals surface area contributed by atoms with E-state index >= 15 is 0 Å². The number of aliphatic carboxylic acids is 1. The molecule has 0 spiro atoms. The number of rotatable bonds is 8. The molecule has 2 amide bonds. The van der Waals surface area contributed by atoms with E-state index in [0.717, 1.165) is 32.2 Å². The number of hydrogen-bond acceptors (Lipinski definition) is 3. The summed E-state index contributed by atoms with van der Waals surface area (Å²) in [5, 5.41) is 14.5. The second-order valence-electron chi connectivity index (χ2n) is 5.67. The Morgan fingerprint density at radius 1 is 1.32 bits per heavy atom. The van der Waals surface area contributed by atoms with Crippen molar-refractivity contribution < 1.29 is 14.7 Å². The second-order valence-corrected chi connectivity index (χ2v) is 5.67. The first-order valence-electron chi connectivity index (χ1n) is 6.80. The maximum atomic E-state index is 11.7. The summed E-state index contributed by atoms with van der Waals surface area (Å²) < 4.78 is 0. The van der Waals surface area contributed by atoms with Gasteiger partial charge in [0.05, 0.1) is 0 Å². The fraction of sp³-hybridized carbons (Fsp3) is 0.846. The maximum Gasteiger partial charge on any atom is 0.329 e. The van der Waals surface area contributed by atoms with Crippen molar-refractivity contribution in [3.05, 3.63) is 0 Å². The summed E-state index contributed by atoms with van der Waals surface area (Å²) in [4.78, 5) is 25.0. The molecule has 19 heavy (non-hydrogen) atoms. The summed E-state index contributed by atoms with van der Waals surface area (Å²) in [6, 6.07) is -0.387. The Balaban J connectivity index is 2.24. The van der Waals surface area contributed by atoms with Gasteiger partial charge in [-0.15, -0.1) is 0 Å². The molecule has 1 aliphatic carbocycles. The number of urea groups is 1. The Labute approximate surface area is 114 Å². The predicted molar refractivity (Wildman–Crippen MR) is 73.1 cm³/mol. The number of nitrogens with zero attached hydrogens (tertiary/aromatic N) is 1. The van der Waals surface area contributed by atoms with Gasteiger partial charge in [-0.3, -0.25) is 0 Å². The lowest BCUT2D eigenvalue weighted by Gasteiger charge is -2.26. The van der Waals surface area contributed by atoms with Crippen molar-refractivity contribution in [2.24, 2.45) is 5.92 Å². The zero-order valence-electron chi connectivity index (χ0n) is 12.0. The SMILES string of the molecule is CN(C)CCCCNC(=O)NC(C)(C(=O)O)C1CC1. The van der Waals surface area contributed by atoms with E-state index in [9.17, 15) is 14.7 Å². The van der Waals surface area contributed by atoms with E-state index in [0.29, 0.717) is 6.54 Å². The highest BCUT2D eigenvalue weighted by Gasteiger charge is 2.48. The molecule has 0 aromatic heterocycles. The molecule has 1 atom stereocenters. The van der Waals surface area contributed by atoms with E-state index in [4.69, 9.17) is 0 Å². The van der Waals surface area contributed by atoms with Crippen LogP contribution in [0.5, 0.6) is 0 Å². The van der Waals surface area contributed by atoms with Crippen molar-refractivity contribution in [2.75, 3.05) is 27.2 Å². The third kappa shape index (κ3) is 5.06. The van der Waals surface area contributed by atoms with E-state index in [1.165, 1.54) is 0 Å². The maximum absolute atomic E-state index is 11.7. The van der Waals surface area contributed by atoms with E-state index in [-0.39, 0.29) is 11.9 Å². The van der Waals surface area contributed by atoms with Gasteiger partial charge in [0.1, 0.15) is 5.54 Å². The molecule has 6 nitrogen and oxygen atoms in total. The van der Waals surface area contributed by atoms with Gasteiger partial charge in [0.15, 0.2) is 0 Å². The fourth-order valence-corrected chi connectivity index (χ4v) is 2.03. The van der Waals surface area contributed by atoms with Gasteiger partial charge in [-0.05, 0) is 59.2 Å². The lowest BCUT2D eigenvalue weighted by atomic mass is 9.96. The molecule has 1 fully saturated rings. The molecule has 0 bridgehead atoms. The molecule has 0 saturated heterocycles. The number of hydrogen-bond donors (Lipinski definition) is 3. The summed E-state index contributed by atoms with van der Waals surface area (Å²) in [7, 11) is 4.02. The van der Waals surface area contributed by atoms with Crippen molar-refractivity contribution >= 4 is 12.0 Å². The van der Waals surface area contributed by atoms with Crippen LogP contribution in [0.25, 0.3) is 0 Å². The second kappa shape index (κ2) is 6.75. The molecular weight excluding hydrogens is 246 g/mol. The van der Waals surface area contributed by atoms with Crippen LogP contribution in [0.15, 0.2) is 0 Å². The highest BCUT2D eigenvalue weighted by molar-refractivity contribution is 5.86. The molecule has 0 aliphatic heterocycles. The van der Waals surface area contributed by atoms with Crippen LogP contribution in [0.2, 0.25) is 0 Å². The molecule has 6 heteroatoms. The minimum Gasteiger partial charge on any atom is -0.480 e. The highest BCUT2D eigenvalue weighted by Crippen LogP contribution is 2.39. The summed E-state index contributed by atoms with van der Waals surface area (Å²) in [5.74, 6) is -0.901. The number of carbonyl (C=O) groups is 2. The third-order valence-corrected chi connectivity index (χ3v) is 3.53. The van der Waals surface area contributed by atoms with Gasteiger partial charge in [-0.1, -0.05) is 0 Å². The van der Waals surface area contributed by atoms with Crippen LogP contribution in [0.4, 0.5) is 4.79 Å². The Hall–Kier alpha value is -1.30. The first-order chi connectivity index (χ1) is 8.86. The molecule has 0 aromatic rings. The number of unbranched alkanes of at least 4 members (excludes halogenated alkanes) is 1. The van der Waals surface area contributed by atoms with Gasteiger partial charge in [0.2, 0.25) is 0 Å². The zero-order valence-corrected chi connectivity index (χ0v) is 12.0. The monoisotopic (exact) mass is 271 g/mol. The Bertz CT molecular complexity index is 329. The Kier molecular flexibility index (Phi) is 5.60. The standard InChI is InChI=1S/C13H25N3O3/c1-13(11(17)18,10-6-7-10)15-12(19)14-8-4-5-9-16(2)3/h10H,4-9H2,1-3H3,(H,17,18)(H2,14,15,19). The zero-order chi connectivity index (χ0) is 14.5. The largest absolute Gasteiger partial charge is 0.480 e. The van der Waals surface area contributed by atoms with Crippen molar-refractivity contribution in [3.8, 4) is 0 Å². The van der Waals surface area contributed by atoms with Crippen molar-refractivity contribution in [1.82, 2.24) is 15.5 Å².